The molecule has 224 valence electrons. The minimum atomic E-state index is -0.306. The van der Waals surface area contributed by atoms with Crippen LogP contribution in [0, 0.1) is 23.7 Å². The monoisotopic (exact) mass is 590 g/mol. The Morgan fingerprint density at radius 2 is 1.60 bits per heavy atom. The molecule has 5 rings (SSSR count). The molecule has 0 unspecified atom stereocenters. The molecule has 2 fully saturated rings. The second-order valence-corrected chi connectivity index (χ2v) is 13.8. The Morgan fingerprint density at radius 1 is 0.952 bits per heavy atom. The summed E-state index contributed by atoms with van der Waals surface area (Å²) >= 11 is 6.46. The average Bonchev–Trinajstić information content (AvgIpc) is 3.65. The van der Waals surface area contributed by atoms with E-state index in [0.717, 1.165) is 25.0 Å². The van der Waals surface area contributed by atoms with Crippen LogP contribution in [0.3, 0.4) is 0 Å². The highest BCUT2D eigenvalue weighted by Gasteiger charge is 2.59. The quantitative estimate of drug-likeness (QED) is 0.164. The molecule has 3 aliphatic rings. The maximum Gasteiger partial charge on any atom is 0.238 e. The molecular formula is C35H43ClN2O4. The summed E-state index contributed by atoms with van der Waals surface area (Å²) in [6.07, 6.45) is 7.85. The highest BCUT2D eigenvalue weighted by atomic mass is 35.5. The molecule has 0 aromatic heterocycles. The average molecular weight is 591 g/mol. The van der Waals surface area contributed by atoms with Crippen LogP contribution in [0.1, 0.15) is 84.8 Å². The number of hydrogen-bond donors (Lipinski definition) is 1. The van der Waals surface area contributed by atoms with E-state index in [1.54, 1.807) is 18.2 Å². The number of benzene rings is 2. The molecule has 4 atom stereocenters. The number of amides is 3. The standard InChI is InChI=1S/C35H43ClN2O4/c1-7-34(3,4)23-13-16-28(25(19-23)35(5,6)8-2)42-17-9-10-29(39)37-24-14-15-26(36)27(20-24)38-32(40)30-21-11-12-22(18-21)31(30)33(38)41/h11-16,19-22,30-31H,7-10,17-18H2,1-6H3,(H,37,39)/t21-,22-,30+,31+/m0/s1. The molecule has 1 N–H and O–H groups in total. The van der Waals surface area contributed by atoms with Crippen LogP contribution in [0.4, 0.5) is 11.4 Å². The van der Waals surface area contributed by atoms with Gasteiger partial charge in [0.05, 0.1) is 29.2 Å². The van der Waals surface area contributed by atoms with Crippen molar-refractivity contribution >= 4 is 40.7 Å². The molecule has 1 aliphatic heterocycles. The normalized spacial score (nSPS) is 23.1. The van der Waals surface area contributed by atoms with Crippen molar-refractivity contribution in [3.05, 3.63) is 64.7 Å². The maximum absolute atomic E-state index is 13.3. The van der Waals surface area contributed by atoms with Gasteiger partial charge in [-0.25, -0.2) is 4.90 Å². The number of ether oxygens (including phenoxy) is 1. The fourth-order valence-electron chi connectivity index (χ4n) is 6.54. The van der Waals surface area contributed by atoms with Crippen LogP contribution in [0.15, 0.2) is 48.6 Å². The van der Waals surface area contributed by atoms with E-state index < -0.39 is 0 Å². The minimum Gasteiger partial charge on any atom is -0.493 e. The van der Waals surface area contributed by atoms with Crippen LogP contribution < -0.4 is 15.0 Å². The Hall–Kier alpha value is -3.12. The van der Waals surface area contributed by atoms with Crippen LogP contribution in [-0.2, 0) is 25.2 Å². The first kappa shape index (κ1) is 30.3. The number of halogens is 1. The van der Waals surface area contributed by atoms with E-state index in [9.17, 15) is 14.4 Å². The predicted molar refractivity (Wildman–Crippen MR) is 168 cm³/mol. The van der Waals surface area contributed by atoms with Crippen molar-refractivity contribution in [2.45, 2.75) is 84.5 Å². The van der Waals surface area contributed by atoms with Gasteiger partial charge in [0.1, 0.15) is 5.75 Å². The number of imide groups is 1. The van der Waals surface area contributed by atoms with Gasteiger partial charge in [-0.15, -0.1) is 0 Å². The zero-order valence-electron chi connectivity index (χ0n) is 25.6. The number of carbonyl (C=O) groups is 3. The highest BCUT2D eigenvalue weighted by Crippen LogP contribution is 2.53. The number of allylic oxidation sites excluding steroid dienone is 2. The molecule has 2 aromatic carbocycles. The number of rotatable bonds is 11. The van der Waals surface area contributed by atoms with Gasteiger partial charge in [-0.1, -0.05) is 77.4 Å². The first-order valence-corrected chi connectivity index (χ1v) is 15.7. The summed E-state index contributed by atoms with van der Waals surface area (Å²) in [5.41, 5.74) is 3.39. The lowest BCUT2D eigenvalue weighted by Crippen LogP contribution is -2.33. The third kappa shape index (κ3) is 5.50. The molecule has 1 saturated heterocycles. The Morgan fingerprint density at radius 3 is 2.21 bits per heavy atom. The lowest BCUT2D eigenvalue weighted by Gasteiger charge is -2.30. The summed E-state index contributed by atoms with van der Waals surface area (Å²) in [4.78, 5) is 40.6. The molecule has 7 heteroatoms. The predicted octanol–water partition coefficient (Wildman–Crippen LogP) is 7.82. The zero-order chi connectivity index (χ0) is 30.4. The molecule has 3 amide bonds. The van der Waals surface area contributed by atoms with E-state index >= 15 is 0 Å². The Kier molecular flexibility index (Phi) is 8.32. The number of nitrogens with one attached hydrogen (secondary N) is 1. The molecule has 42 heavy (non-hydrogen) atoms. The van der Waals surface area contributed by atoms with E-state index in [0.29, 0.717) is 29.4 Å². The molecule has 1 heterocycles. The largest absolute Gasteiger partial charge is 0.493 e. The van der Waals surface area contributed by atoms with Crippen molar-refractivity contribution in [3.8, 4) is 5.75 Å². The number of hydrogen-bond acceptors (Lipinski definition) is 4. The van der Waals surface area contributed by atoms with Gasteiger partial charge in [-0.3, -0.25) is 14.4 Å². The van der Waals surface area contributed by atoms with Crippen molar-refractivity contribution in [2.75, 3.05) is 16.8 Å². The lowest BCUT2D eigenvalue weighted by atomic mass is 9.76. The summed E-state index contributed by atoms with van der Waals surface area (Å²) in [5, 5.41) is 3.21. The van der Waals surface area contributed by atoms with Crippen LogP contribution in [0.5, 0.6) is 5.75 Å². The molecule has 0 radical (unpaired) electrons. The third-order valence-electron chi connectivity index (χ3n) is 10.0. The number of fused-ring (bicyclic) bond motifs is 5. The molecule has 2 bridgehead atoms. The maximum atomic E-state index is 13.3. The van der Waals surface area contributed by atoms with Crippen molar-refractivity contribution in [2.24, 2.45) is 23.7 Å². The van der Waals surface area contributed by atoms with E-state index in [1.807, 2.05) is 0 Å². The summed E-state index contributed by atoms with van der Waals surface area (Å²) < 4.78 is 6.23. The number of anilines is 2. The summed E-state index contributed by atoms with van der Waals surface area (Å²) in [6, 6.07) is 11.5. The second kappa shape index (κ2) is 11.5. The van der Waals surface area contributed by atoms with E-state index in [2.05, 4.69) is 77.2 Å². The van der Waals surface area contributed by atoms with Crippen LogP contribution in [0.2, 0.25) is 5.02 Å². The minimum absolute atomic E-state index is 0.0360. The van der Waals surface area contributed by atoms with Crippen LogP contribution in [-0.4, -0.2) is 24.3 Å². The van der Waals surface area contributed by atoms with Gasteiger partial charge in [0.15, 0.2) is 0 Å². The summed E-state index contributed by atoms with van der Waals surface area (Å²) in [7, 11) is 0. The molecule has 1 saturated carbocycles. The number of carbonyl (C=O) groups excluding carboxylic acids is 3. The van der Waals surface area contributed by atoms with Gasteiger partial charge in [0.2, 0.25) is 17.7 Å². The van der Waals surface area contributed by atoms with Crippen molar-refractivity contribution in [1.29, 1.82) is 0 Å². The SMILES string of the molecule is CCC(C)(C)c1ccc(OCCCC(=O)Nc2ccc(Cl)c(N3C(=O)[C@H]4[C@H](C3=O)[C@H]3C=C[C@H]4C3)c2)c(C(C)(C)CC)c1. The van der Waals surface area contributed by atoms with Crippen LogP contribution >= 0.6 is 11.6 Å². The first-order valence-electron chi connectivity index (χ1n) is 15.3. The van der Waals surface area contributed by atoms with Gasteiger partial charge in [-0.05, 0) is 78.2 Å². The Labute approximate surface area is 254 Å². The summed E-state index contributed by atoms with van der Waals surface area (Å²) in [5.74, 6) is -0.0549. The molecular weight excluding hydrogens is 548 g/mol. The lowest BCUT2D eigenvalue weighted by molar-refractivity contribution is -0.123. The summed E-state index contributed by atoms with van der Waals surface area (Å²) in [6.45, 7) is 13.8. The second-order valence-electron chi connectivity index (χ2n) is 13.4. The smallest absolute Gasteiger partial charge is 0.238 e. The van der Waals surface area contributed by atoms with Gasteiger partial charge in [0, 0.05) is 17.7 Å². The molecule has 0 spiro atoms. The fourth-order valence-corrected chi connectivity index (χ4v) is 6.74. The fraction of sp³-hybridized carbons (Fsp3) is 0.514. The van der Waals surface area contributed by atoms with Crippen molar-refractivity contribution in [1.82, 2.24) is 0 Å². The van der Waals surface area contributed by atoms with E-state index in [-0.39, 0.29) is 58.6 Å². The highest BCUT2D eigenvalue weighted by molar-refractivity contribution is 6.36. The van der Waals surface area contributed by atoms with Crippen LogP contribution in [0.25, 0.3) is 0 Å². The topological polar surface area (TPSA) is 75.7 Å². The Balaban J connectivity index is 1.20. The van der Waals surface area contributed by atoms with E-state index in [4.69, 9.17) is 16.3 Å². The van der Waals surface area contributed by atoms with Crippen molar-refractivity contribution in [3.63, 3.8) is 0 Å². The first-order chi connectivity index (χ1) is 19.9. The molecule has 2 aliphatic carbocycles. The van der Waals surface area contributed by atoms with Gasteiger partial charge >= 0.3 is 0 Å². The zero-order valence-corrected chi connectivity index (χ0v) is 26.4. The van der Waals surface area contributed by atoms with E-state index in [1.165, 1.54) is 16.0 Å². The van der Waals surface area contributed by atoms with Gasteiger partial charge in [-0.2, -0.15) is 0 Å². The molecule has 2 aromatic rings. The molecule has 6 nitrogen and oxygen atoms in total. The van der Waals surface area contributed by atoms with Crippen molar-refractivity contribution < 1.29 is 19.1 Å². The van der Waals surface area contributed by atoms with Gasteiger partial charge < -0.3 is 10.1 Å². The Bertz CT molecular complexity index is 1400. The third-order valence-corrected chi connectivity index (χ3v) is 10.3. The number of nitrogens with zero attached hydrogens (tertiary/aromatic N) is 1. The van der Waals surface area contributed by atoms with Gasteiger partial charge in [0.25, 0.3) is 0 Å².